The van der Waals surface area contributed by atoms with E-state index in [-0.39, 0.29) is 11.7 Å². The smallest absolute Gasteiger partial charge is 0.276 e. The number of hydrogen-bond donors (Lipinski definition) is 3. The van der Waals surface area contributed by atoms with Crippen molar-refractivity contribution in [3.05, 3.63) is 56.5 Å². The molecule has 3 N–H and O–H groups in total. The maximum Gasteiger partial charge on any atom is 0.276 e. The molecule has 0 radical (unpaired) electrons. The van der Waals surface area contributed by atoms with E-state index in [4.69, 9.17) is 21.7 Å². The first-order valence-electron chi connectivity index (χ1n) is 7.93. The summed E-state index contributed by atoms with van der Waals surface area (Å²) in [5.74, 6) is -0.0168. The average molecular weight is 531 g/mol. The minimum atomic E-state index is -0.482. The lowest BCUT2D eigenvalue weighted by molar-refractivity contribution is -0.123. The number of halogens is 2. The highest BCUT2D eigenvalue weighted by Crippen LogP contribution is 2.25. The lowest BCUT2D eigenvalue weighted by Crippen LogP contribution is -2.49. The Labute approximate surface area is 184 Å². The maximum atomic E-state index is 12.3. The quantitative estimate of drug-likeness (QED) is 0.406. The normalized spacial score (nSPS) is 10.0. The Morgan fingerprint density at radius 3 is 2.46 bits per heavy atom. The lowest BCUT2D eigenvalue weighted by Gasteiger charge is -2.13. The summed E-state index contributed by atoms with van der Waals surface area (Å²) in [6.07, 6.45) is 0. The van der Waals surface area contributed by atoms with Gasteiger partial charge < -0.3 is 9.47 Å². The standard InChI is InChI=1S/C18H17Br2N3O4S/c1-10-3-5-15(13(20)7-10)27-9-16(24)22-23-18(28)21-17(25)12-8-11(19)4-6-14(12)26-2/h3-8H,9H2,1-2H3,(H,22,24)(H2,21,23,25,28). The zero-order valence-electron chi connectivity index (χ0n) is 15.0. The van der Waals surface area contributed by atoms with Crippen molar-refractivity contribution in [2.45, 2.75) is 6.92 Å². The Kier molecular flexibility index (Phi) is 8.21. The molecular formula is C18H17Br2N3O4S. The fourth-order valence-corrected chi connectivity index (χ4v) is 3.20. The molecule has 0 heterocycles. The van der Waals surface area contributed by atoms with Gasteiger partial charge in [0.05, 0.1) is 17.1 Å². The van der Waals surface area contributed by atoms with Gasteiger partial charge in [-0.3, -0.25) is 25.8 Å². The minimum absolute atomic E-state index is 0.0723. The van der Waals surface area contributed by atoms with E-state index in [9.17, 15) is 9.59 Å². The molecule has 0 aliphatic rings. The Morgan fingerprint density at radius 1 is 1.07 bits per heavy atom. The second kappa shape index (κ2) is 10.4. The summed E-state index contributed by atoms with van der Waals surface area (Å²) in [6.45, 7) is 1.72. The fraction of sp³-hybridized carbons (Fsp3) is 0.167. The van der Waals surface area contributed by atoms with Gasteiger partial charge in [-0.2, -0.15) is 0 Å². The van der Waals surface area contributed by atoms with Crippen LogP contribution in [0.2, 0.25) is 0 Å². The van der Waals surface area contributed by atoms with Crippen molar-refractivity contribution in [3.8, 4) is 11.5 Å². The molecule has 0 aliphatic carbocycles. The number of carbonyl (C=O) groups excluding carboxylic acids is 2. The number of carbonyl (C=O) groups is 2. The van der Waals surface area contributed by atoms with Gasteiger partial charge in [0.1, 0.15) is 11.5 Å². The van der Waals surface area contributed by atoms with Crippen molar-refractivity contribution in [2.24, 2.45) is 0 Å². The number of ether oxygens (including phenoxy) is 2. The van der Waals surface area contributed by atoms with Gasteiger partial charge in [0, 0.05) is 4.47 Å². The van der Waals surface area contributed by atoms with E-state index in [0.717, 1.165) is 10.0 Å². The Hall–Kier alpha value is -2.17. The average Bonchev–Trinajstić information content (AvgIpc) is 2.65. The molecule has 0 unspecified atom stereocenters. The van der Waals surface area contributed by atoms with E-state index < -0.39 is 11.8 Å². The molecule has 148 valence electrons. The van der Waals surface area contributed by atoms with Crippen molar-refractivity contribution in [3.63, 3.8) is 0 Å². The first kappa shape index (κ1) is 22.1. The van der Waals surface area contributed by atoms with Crippen molar-refractivity contribution < 1.29 is 19.1 Å². The summed E-state index contributed by atoms with van der Waals surface area (Å²) in [5.41, 5.74) is 6.16. The molecule has 0 atom stereocenters. The molecule has 2 amide bonds. The van der Waals surface area contributed by atoms with E-state index in [1.54, 1.807) is 24.3 Å². The van der Waals surface area contributed by atoms with Crippen LogP contribution in [-0.2, 0) is 4.79 Å². The highest BCUT2D eigenvalue weighted by Gasteiger charge is 2.14. The molecule has 28 heavy (non-hydrogen) atoms. The molecule has 0 bridgehead atoms. The van der Waals surface area contributed by atoms with Crippen molar-refractivity contribution in [1.29, 1.82) is 0 Å². The van der Waals surface area contributed by atoms with E-state index in [1.807, 2.05) is 19.1 Å². The van der Waals surface area contributed by atoms with Crippen LogP contribution in [0, 0.1) is 6.92 Å². The first-order valence-corrected chi connectivity index (χ1v) is 9.92. The number of hydrazine groups is 1. The molecule has 2 aromatic rings. The van der Waals surface area contributed by atoms with Crippen molar-refractivity contribution >= 4 is 61.0 Å². The topological polar surface area (TPSA) is 88.7 Å². The highest BCUT2D eigenvalue weighted by atomic mass is 79.9. The van der Waals surface area contributed by atoms with Gasteiger partial charge in [-0.15, -0.1) is 0 Å². The molecule has 0 saturated heterocycles. The molecule has 7 nitrogen and oxygen atoms in total. The zero-order valence-corrected chi connectivity index (χ0v) is 19.0. The van der Waals surface area contributed by atoms with Crippen LogP contribution in [0.25, 0.3) is 0 Å². The third-order valence-corrected chi connectivity index (χ3v) is 4.71. The number of rotatable bonds is 5. The Balaban J connectivity index is 1.82. The van der Waals surface area contributed by atoms with Crippen LogP contribution >= 0.6 is 44.1 Å². The summed E-state index contributed by atoms with van der Waals surface area (Å²) >= 11 is 11.7. The first-order chi connectivity index (χ1) is 13.3. The molecular weight excluding hydrogens is 514 g/mol. The van der Waals surface area contributed by atoms with Gasteiger partial charge in [0.2, 0.25) is 0 Å². The van der Waals surface area contributed by atoms with Crippen LogP contribution in [-0.4, -0.2) is 30.6 Å². The van der Waals surface area contributed by atoms with Crippen LogP contribution in [0.15, 0.2) is 45.3 Å². The number of aryl methyl sites for hydroxylation is 1. The SMILES string of the molecule is COc1ccc(Br)cc1C(=O)NC(=S)NNC(=O)COc1ccc(C)cc1Br. The van der Waals surface area contributed by atoms with Crippen LogP contribution in [0.3, 0.4) is 0 Å². The Bertz CT molecular complexity index is 908. The number of thiocarbonyl (C=S) groups is 1. The molecule has 0 saturated carbocycles. The highest BCUT2D eigenvalue weighted by molar-refractivity contribution is 9.10. The van der Waals surface area contributed by atoms with E-state index >= 15 is 0 Å². The lowest BCUT2D eigenvalue weighted by atomic mass is 10.2. The Morgan fingerprint density at radius 2 is 1.79 bits per heavy atom. The van der Waals surface area contributed by atoms with Crippen LogP contribution in [0.4, 0.5) is 0 Å². The van der Waals surface area contributed by atoms with Crippen molar-refractivity contribution in [2.75, 3.05) is 13.7 Å². The summed E-state index contributed by atoms with van der Waals surface area (Å²) in [4.78, 5) is 24.2. The van der Waals surface area contributed by atoms with E-state index in [2.05, 4.69) is 48.0 Å². The summed E-state index contributed by atoms with van der Waals surface area (Å²) < 4.78 is 12.0. The van der Waals surface area contributed by atoms with Crippen LogP contribution in [0.1, 0.15) is 15.9 Å². The van der Waals surface area contributed by atoms with Crippen LogP contribution in [0.5, 0.6) is 11.5 Å². The third-order valence-electron chi connectivity index (χ3n) is 3.39. The number of nitrogens with one attached hydrogen (secondary N) is 3. The predicted octanol–water partition coefficient (Wildman–Crippen LogP) is 3.24. The molecule has 2 aromatic carbocycles. The minimum Gasteiger partial charge on any atom is -0.496 e. The summed E-state index contributed by atoms with van der Waals surface area (Å²) in [7, 11) is 1.46. The second-order valence-electron chi connectivity index (χ2n) is 5.52. The number of hydrogen-bond acceptors (Lipinski definition) is 5. The van der Waals surface area contributed by atoms with Gasteiger partial charge in [0.25, 0.3) is 11.8 Å². The maximum absolute atomic E-state index is 12.3. The zero-order chi connectivity index (χ0) is 20.7. The molecule has 0 spiro atoms. The summed E-state index contributed by atoms with van der Waals surface area (Å²) in [5, 5.41) is 2.39. The second-order valence-corrected chi connectivity index (χ2v) is 7.70. The molecule has 0 aliphatic heterocycles. The van der Waals surface area contributed by atoms with Gasteiger partial charge in [-0.1, -0.05) is 22.0 Å². The third kappa shape index (κ3) is 6.47. The van der Waals surface area contributed by atoms with E-state index in [0.29, 0.717) is 21.5 Å². The largest absolute Gasteiger partial charge is 0.496 e. The van der Waals surface area contributed by atoms with Gasteiger partial charge >= 0.3 is 0 Å². The number of methoxy groups -OCH3 is 1. The molecule has 0 aromatic heterocycles. The monoisotopic (exact) mass is 529 g/mol. The molecule has 0 fully saturated rings. The summed E-state index contributed by atoms with van der Waals surface area (Å²) in [6, 6.07) is 10.5. The van der Waals surface area contributed by atoms with Gasteiger partial charge in [-0.25, -0.2) is 0 Å². The molecule has 10 heteroatoms. The van der Waals surface area contributed by atoms with Crippen molar-refractivity contribution in [1.82, 2.24) is 16.2 Å². The van der Waals surface area contributed by atoms with E-state index in [1.165, 1.54) is 7.11 Å². The number of benzene rings is 2. The molecule has 2 rings (SSSR count). The fourth-order valence-electron chi connectivity index (χ4n) is 2.09. The van der Waals surface area contributed by atoms with Gasteiger partial charge in [-0.05, 0) is 71.0 Å². The predicted molar refractivity (Wildman–Crippen MR) is 116 cm³/mol. The van der Waals surface area contributed by atoms with Crippen LogP contribution < -0.4 is 25.6 Å². The number of amides is 2. The van der Waals surface area contributed by atoms with Gasteiger partial charge in [0.15, 0.2) is 11.7 Å².